The van der Waals surface area contributed by atoms with Crippen molar-refractivity contribution < 1.29 is 23.5 Å². The van der Waals surface area contributed by atoms with Gasteiger partial charge in [-0.3, -0.25) is 0 Å². The molecule has 6 nitrogen and oxygen atoms in total. The van der Waals surface area contributed by atoms with E-state index in [9.17, 15) is 4.79 Å². The van der Waals surface area contributed by atoms with Crippen LogP contribution in [0.4, 0.5) is 10.5 Å². The summed E-state index contributed by atoms with van der Waals surface area (Å²) in [7, 11) is -2.28. The summed E-state index contributed by atoms with van der Waals surface area (Å²) < 4.78 is 23.1. The lowest BCUT2D eigenvalue weighted by Crippen LogP contribution is -2.50. The van der Waals surface area contributed by atoms with Gasteiger partial charge in [0.25, 0.3) is 0 Å². The van der Waals surface area contributed by atoms with Crippen LogP contribution in [0, 0.1) is 0 Å². The van der Waals surface area contributed by atoms with Crippen molar-refractivity contribution in [2.24, 2.45) is 0 Å². The van der Waals surface area contributed by atoms with Crippen LogP contribution in [0.25, 0.3) is 0 Å². The number of carbonyl (C=O) groups is 1. The third-order valence-electron chi connectivity index (χ3n) is 4.68. The van der Waals surface area contributed by atoms with Crippen molar-refractivity contribution in [3.63, 3.8) is 0 Å². The minimum atomic E-state index is -2.28. The van der Waals surface area contributed by atoms with Crippen LogP contribution >= 0.6 is 0 Å². The number of carbonyl (C=O) groups excluding carboxylic acids is 1. The molecule has 0 aliphatic carbocycles. The Balaban J connectivity index is 2.37. The SMILES string of the molecule is CC(C)(C)OC(=O)N(O[Si](C)(C)C(C)(C)C)c1cccc(C2OCCO2)c1. The lowest BCUT2D eigenvalue weighted by molar-refractivity contribution is -0.0441. The lowest BCUT2D eigenvalue weighted by Gasteiger charge is -2.39. The van der Waals surface area contributed by atoms with E-state index in [1.807, 2.05) is 45.0 Å². The number of rotatable bonds is 4. The highest BCUT2D eigenvalue weighted by Crippen LogP contribution is 2.38. The molecular weight excluding hydrogens is 362 g/mol. The van der Waals surface area contributed by atoms with Gasteiger partial charge in [-0.25, -0.2) is 4.79 Å². The number of amides is 1. The molecule has 1 aromatic carbocycles. The molecule has 0 unspecified atom stereocenters. The molecule has 1 aliphatic rings. The molecule has 7 heteroatoms. The first-order valence-corrected chi connectivity index (χ1v) is 12.3. The van der Waals surface area contributed by atoms with E-state index in [4.69, 9.17) is 18.7 Å². The van der Waals surface area contributed by atoms with E-state index >= 15 is 0 Å². The maximum Gasteiger partial charge on any atom is 0.438 e. The van der Waals surface area contributed by atoms with E-state index in [1.54, 1.807) is 0 Å². The van der Waals surface area contributed by atoms with Gasteiger partial charge in [-0.2, -0.15) is 5.06 Å². The van der Waals surface area contributed by atoms with Crippen LogP contribution in [0.2, 0.25) is 18.1 Å². The zero-order chi connectivity index (χ0) is 20.5. The van der Waals surface area contributed by atoms with Gasteiger partial charge in [-0.15, -0.1) is 0 Å². The van der Waals surface area contributed by atoms with Crippen molar-refractivity contribution in [2.75, 3.05) is 18.3 Å². The van der Waals surface area contributed by atoms with Gasteiger partial charge in [0.15, 0.2) is 6.29 Å². The van der Waals surface area contributed by atoms with E-state index in [0.717, 1.165) is 5.56 Å². The number of ether oxygens (including phenoxy) is 3. The standard InChI is InChI=1S/C20H33NO5Si/c1-19(2,3)25-18(22)21(26-27(7,8)20(4,5)6)16-11-9-10-15(14-16)17-23-12-13-24-17/h9-11,14,17H,12-13H2,1-8H3. The lowest BCUT2D eigenvalue weighted by atomic mass is 10.2. The fourth-order valence-corrected chi connectivity index (χ4v) is 3.12. The number of hydrogen-bond acceptors (Lipinski definition) is 5. The largest absolute Gasteiger partial charge is 0.442 e. The van der Waals surface area contributed by atoms with Crippen LogP contribution in [0.5, 0.6) is 0 Å². The zero-order valence-corrected chi connectivity index (χ0v) is 18.8. The summed E-state index contributed by atoms with van der Waals surface area (Å²) >= 11 is 0. The highest BCUT2D eigenvalue weighted by molar-refractivity contribution is 6.74. The predicted molar refractivity (Wildman–Crippen MR) is 108 cm³/mol. The molecule has 0 spiro atoms. The third kappa shape index (κ3) is 5.78. The average Bonchev–Trinajstić information content (AvgIpc) is 3.04. The second-order valence-corrected chi connectivity index (χ2v) is 14.0. The van der Waals surface area contributed by atoms with Crippen LogP contribution in [-0.2, 0) is 18.7 Å². The van der Waals surface area contributed by atoms with Crippen LogP contribution in [-0.4, -0.2) is 33.2 Å². The zero-order valence-electron chi connectivity index (χ0n) is 17.8. The van der Waals surface area contributed by atoms with Crippen LogP contribution in [0.3, 0.4) is 0 Å². The summed E-state index contributed by atoms with van der Waals surface area (Å²) in [5.41, 5.74) is 0.824. The van der Waals surface area contributed by atoms with Crippen molar-refractivity contribution in [3.8, 4) is 0 Å². The Bertz CT molecular complexity index is 657. The van der Waals surface area contributed by atoms with E-state index in [-0.39, 0.29) is 5.04 Å². The van der Waals surface area contributed by atoms with Crippen molar-refractivity contribution in [3.05, 3.63) is 29.8 Å². The molecule has 0 atom stereocenters. The number of nitrogens with zero attached hydrogens (tertiary/aromatic N) is 1. The maximum atomic E-state index is 12.9. The molecule has 0 aromatic heterocycles. The Hall–Kier alpha value is -1.41. The number of benzene rings is 1. The van der Waals surface area contributed by atoms with Gasteiger partial charge in [-0.1, -0.05) is 32.9 Å². The van der Waals surface area contributed by atoms with Gasteiger partial charge in [0.05, 0.1) is 18.9 Å². The summed E-state index contributed by atoms with van der Waals surface area (Å²) in [5.74, 6) is 0. The summed E-state index contributed by atoms with van der Waals surface area (Å²) in [5, 5.41) is 1.23. The molecule has 1 saturated heterocycles. The summed E-state index contributed by atoms with van der Waals surface area (Å²) in [6.45, 7) is 17.2. The van der Waals surface area contributed by atoms with Gasteiger partial charge < -0.3 is 18.7 Å². The van der Waals surface area contributed by atoms with Crippen molar-refractivity contribution in [1.82, 2.24) is 0 Å². The molecule has 27 heavy (non-hydrogen) atoms. The minimum absolute atomic E-state index is 0.0669. The highest BCUT2D eigenvalue weighted by atomic mass is 28.4. The minimum Gasteiger partial charge on any atom is -0.442 e. The maximum absolute atomic E-state index is 12.9. The number of anilines is 1. The number of hydrogen-bond donors (Lipinski definition) is 0. The summed E-state index contributed by atoms with van der Waals surface area (Å²) in [4.78, 5) is 12.9. The quantitative estimate of drug-likeness (QED) is 0.504. The van der Waals surface area contributed by atoms with Crippen LogP contribution < -0.4 is 5.06 Å². The Morgan fingerprint density at radius 1 is 1.11 bits per heavy atom. The number of hydroxylamine groups is 1. The predicted octanol–water partition coefficient (Wildman–Crippen LogP) is 5.41. The smallest absolute Gasteiger partial charge is 0.438 e. The summed E-state index contributed by atoms with van der Waals surface area (Å²) in [6.07, 6.45) is -0.948. The fourth-order valence-electron chi connectivity index (χ4n) is 2.21. The fraction of sp³-hybridized carbons (Fsp3) is 0.650. The van der Waals surface area contributed by atoms with Gasteiger partial charge in [0, 0.05) is 5.56 Å². The average molecular weight is 396 g/mol. The molecule has 1 fully saturated rings. The second kappa shape index (κ2) is 7.91. The molecule has 0 N–H and O–H groups in total. The first-order valence-electron chi connectivity index (χ1n) is 9.36. The molecule has 0 bridgehead atoms. The molecule has 1 aliphatic heterocycles. The Kier molecular flexibility index (Phi) is 6.41. The Morgan fingerprint density at radius 3 is 2.22 bits per heavy atom. The third-order valence-corrected chi connectivity index (χ3v) is 8.94. The molecule has 1 heterocycles. The van der Waals surface area contributed by atoms with E-state index in [0.29, 0.717) is 18.9 Å². The Morgan fingerprint density at radius 2 is 1.70 bits per heavy atom. The van der Waals surface area contributed by atoms with Crippen LogP contribution in [0.1, 0.15) is 53.4 Å². The van der Waals surface area contributed by atoms with Gasteiger partial charge in [-0.05, 0) is 51.0 Å². The van der Waals surface area contributed by atoms with Gasteiger partial charge in [0.2, 0.25) is 8.32 Å². The normalized spacial score (nSPS) is 16.4. The first-order chi connectivity index (χ1) is 12.3. The van der Waals surface area contributed by atoms with Crippen molar-refractivity contribution >= 4 is 20.1 Å². The van der Waals surface area contributed by atoms with Gasteiger partial charge in [0.1, 0.15) is 5.60 Å². The first kappa shape index (κ1) is 21.9. The van der Waals surface area contributed by atoms with Crippen LogP contribution in [0.15, 0.2) is 24.3 Å². The molecule has 0 radical (unpaired) electrons. The molecular formula is C20H33NO5Si. The molecule has 0 saturated carbocycles. The van der Waals surface area contributed by atoms with E-state index in [1.165, 1.54) is 5.06 Å². The van der Waals surface area contributed by atoms with Gasteiger partial charge >= 0.3 is 6.09 Å². The van der Waals surface area contributed by atoms with E-state index in [2.05, 4.69) is 33.9 Å². The molecule has 152 valence electrons. The van der Waals surface area contributed by atoms with E-state index < -0.39 is 26.3 Å². The second-order valence-electron chi connectivity index (χ2n) is 9.29. The highest BCUT2D eigenvalue weighted by Gasteiger charge is 2.42. The molecule has 1 amide bonds. The Labute approximate surface area is 163 Å². The monoisotopic (exact) mass is 395 g/mol. The van der Waals surface area contributed by atoms with Crippen molar-refractivity contribution in [1.29, 1.82) is 0 Å². The van der Waals surface area contributed by atoms with Crippen molar-refractivity contribution in [2.45, 2.75) is 71.6 Å². The molecule has 1 aromatic rings. The topological polar surface area (TPSA) is 57.2 Å². The molecule has 2 rings (SSSR count). The summed E-state index contributed by atoms with van der Waals surface area (Å²) in [6, 6.07) is 7.46.